The van der Waals surface area contributed by atoms with Crippen molar-refractivity contribution in [2.75, 3.05) is 39.8 Å². The van der Waals surface area contributed by atoms with Crippen LogP contribution in [0.2, 0.25) is 0 Å². The molecular weight excluding hydrogens is 352 g/mol. The van der Waals surface area contributed by atoms with Crippen LogP contribution < -0.4 is 10.3 Å². The fourth-order valence-corrected chi connectivity index (χ4v) is 3.75. The minimum Gasteiger partial charge on any atom is -0.495 e. The molecule has 3 aromatic rings. The second kappa shape index (κ2) is 8.54. The summed E-state index contributed by atoms with van der Waals surface area (Å²) < 4.78 is 7.09. The van der Waals surface area contributed by atoms with E-state index in [0.29, 0.717) is 12.3 Å². The van der Waals surface area contributed by atoms with Crippen LogP contribution in [0.15, 0.2) is 59.5 Å². The number of fused-ring (bicyclic) bond motifs is 1. The van der Waals surface area contributed by atoms with Crippen molar-refractivity contribution in [1.82, 2.24) is 19.4 Å². The Morgan fingerprint density at radius 1 is 0.964 bits per heavy atom. The minimum atomic E-state index is 0.00488. The molecule has 0 spiro atoms. The lowest BCUT2D eigenvalue weighted by Crippen LogP contribution is -2.47. The van der Waals surface area contributed by atoms with Gasteiger partial charge in [0.2, 0.25) is 0 Å². The van der Waals surface area contributed by atoms with E-state index in [-0.39, 0.29) is 5.56 Å². The predicted molar refractivity (Wildman–Crippen MR) is 111 cm³/mol. The van der Waals surface area contributed by atoms with Crippen molar-refractivity contribution < 1.29 is 4.74 Å². The molecule has 1 saturated heterocycles. The van der Waals surface area contributed by atoms with Gasteiger partial charge in [-0.1, -0.05) is 30.3 Å². The summed E-state index contributed by atoms with van der Waals surface area (Å²) in [6.45, 7) is 6.66. The number of nitrogens with zero attached hydrogens (tertiary/aromatic N) is 4. The van der Waals surface area contributed by atoms with Crippen molar-refractivity contribution in [2.45, 2.75) is 13.1 Å². The molecule has 0 bridgehead atoms. The molecule has 1 aromatic carbocycles. The molecule has 0 radical (unpaired) electrons. The van der Waals surface area contributed by atoms with E-state index >= 15 is 0 Å². The Hall–Kier alpha value is -2.70. The molecule has 1 aliphatic heterocycles. The number of rotatable bonds is 6. The maximum absolute atomic E-state index is 12.4. The zero-order chi connectivity index (χ0) is 19.3. The van der Waals surface area contributed by atoms with Crippen molar-refractivity contribution >= 4 is 11.0 Å². The number of piperazine rings is 1. The number of benzene rings is 1. The zero-order valence-electron chi connectivity index (χ0n) is 16.3. The number of hydrogen-bond donors (Lipinski definition) is 0. The van der Waals surface area contributed by atoms with Crippen LogP contribution in [0.5, 0.6) is 5.75 Å². The van der Waals surface area contributed by atoms with Gasteiger partial charge in [0.05, 0.1) is 24.3 Å². The molecule has 0 aliphatic carbocycles. The van der Waals surface area contributed by atoms with Gasteiger partial charge < -0.3 is 9.30 Å². The molecule has 0 atom stereocenters. The smallest absolute Gasteiger partial charge is 0.251 e. The van der Waals surface area contributed by atoms with Crippen LogP contribution >= 0.6 is 0 Å². The number of pyridine rings is 2. The standard InChI is InChI=1S/C22H26N4O2/c1-28-19-15-21-20(23-16-19)7-8-22(27)26(21)14-13-24-9-11-25(12-10-24)17-18-5-3-2-4-6-18/h2-8,15-16H,9-14,17H2,1H3. The lowest BCUT2D eigenvalue weighted by molar-refractivity contribution is 0.124. The van der Waals surface area contributed by atoms with Crippen LogP contribution in [-0.2, 0) is 13.1 Å². The lowest BCUT2D eigenvalue weighted by atomic mass is 10.2. The van der Waals surface area contributed by atoms with Gasteiger partial charge in [-0.2, -0.15) is 0 Å². The summed E-state index contributed by atoms with van der Waals surface area (Å²) >= 11 is 0. The molecule has 0 N–H and O–H groups in total. The van der Waals surface area contributed by atoms with Gasteiger partial charge in [0, 0.05) is 57.9 Å². The van der Waals surface area contributed by atoms with Crippen LogP contribution in [0.1, 0.15) is 5.56 Å². The van der Waals surface area contributed by atoms with Crippen molar-refractivity contribution in [2.24, 2.45) is 0 Å². The quantitative estimate of drug-likeness (QED) is 0.658. The first-order valence-corrected chi connectivity index (χ1v) is 9.75. The summed E-state index contributed by atoms with van der Waals surface area (Å²) in [6.07, 6.45) is 1.68. The van der Waals surface area contributed by atoms with Gasteiger partial charge >= 0.3 is 0 Å². The highest BCUT2D eigenvalue weighted by atomic mass is 16.5. The number of hydrogen-bond acceptors (Lipinski definition) is 5. The molecule has 28 heavy (non-hydrogen) atoms. The van der Waals surface area contributed by atoms with Crippen LogP contribution in [0.3, 0.4) is 0 Å². The molecule has 0 unspecified atom stereocenters. The third-order valence-corrected chi connectivity index (χ3v) is 5.40. The SMILES string of the molecule is COc1cnc2ccc(=O)n(CCN3CCN(Cc4ccccc4)CC3)c2c1. The molecule has 6 nitrogen and oxygen atoms in total. The van der Waals surface area contributed by atoms with Crippen LogP contribution in [0, 0.1) is 0 Å². The van der Waals surface area contributed by atoms with Crippen molar-refractivity contribution in [3.63, 3.8) is 0 Å². The normalized spacial score (nSPS) is 15.8. The van der Waals surface area contributed by atoms with E-state index in [0.717, 1.165) is 50.3 Å². The minimum absolute atomic E-state index is 0.00488. The first kappa shape index (κ1) is 18.7. The Morgan fingerprint density at radius 3 is 2.46 bits per heavy atom. The number of ether oxygens (including phenoxy) is 1. The van der Waals surface area contributed by atoms with Crippen LogP contribution in [-0.4, -0.2) is 59.2 Å². The fraction of sp³-hybridized carbons (Fsp3) is 0.364. The Morgan fingerprint density at radius 2 is 1.71 bits per heavy atom. The molecule has 146 valence electrons. The molecule has 6 heteroatoms. The summed E-state index contributed by atoms with van der Waals surface area (Å²) in [5.74, 6) is 0.668. The van der Waals surface area contributed by atoms with Crippen molar-refractivity contribution in [3.05, 3.63) is 70.6 Å². The van der Waals surface area contributed by atoms with Gasteiger partial charge in [-0.05, 0) is 11.6 Å². The van der Waals surface area contributed by atoms with Gasteiger partial charge in [0.25, 0.3) is 5.56 Å². The second-order valence-electron chi connectivity index (χ2n) is 7.21. The molecule has 1 fully saturated rings. The highest BCUT2D eigenvalue weighted by Gasteiger charge is 2.17. The van der Waals surface area contributed by atoms with E-state index in [1.54, 1.807) is 30.0 Å². The van der Waals surface area contributed by atoms with Crippen LogP contribution in [0.4, 0.5) is 0 Å². The average molecular weight is 378 g/mol. The first-order chi connectivity index (χ1) is 13.7. The van der Waals surface area contributed by atoms with Gasteiger partial charge in [0.1, 0.15) is 5.75 Å². The highest BCUT2D eigenvalue weighted by Crippen LogP contribution is 2.17. The summed E-state index contributed by atoms with van der Waals surface area (Å²) in [5, 5.41) is 0. The van der Waals surface area contributed by atoms with E-state index < -0.39 is 0 Å². The van der Waals surface area contributed by atoms with Crippen molar-refractivity contribution in [3.8, 4) is 5.75 Å². The molecular formula is C22H26N4O2. The first-order valence-electron chi connectivity index (χ1n) is 9.75. The summed E-state index contributed by atoms with van der Waals surface area (Å²) in [6, 6.07) is 15.9. The Balaban J connectivity index is 1.38. The van der Waals surface area contributed by atoms with Gasteiger partial charge in [-0.15, -0.1) is 0 Å². The van der Waals surface area contributed by atoms with Gasteiger partial charge in [0.15, 0.2) is 0 Å². The molecule has 1 aliphatic rings. The monoisotopic (exact) mass is 378 g/mol. The Kier molecular flexibility index (Phi) is 5.69. The maximum atomic E-state index is 12.4. The van der Waals surface area contributed by atoms with E-state index in [9.17, 15) is 4.79 Å². The van der Waals surface area contributed by atoms with E-state index in [1.165, 1.54) is 5.56 Å². The van der Waals surface area contributed by atoms with Gasteiger partial charge in [-0.25, -0.2) is 0 Å². The largest absolute Gasteiger partial charge is 0.495 e. The van der Waals surface area contributed by atoms with Crippen molar-refractivity contribution in [1.29, 1.82) is 0 Å². The molecule has 0 amide bonds. The zero-order valence-corrected chi connectivity index (χ0v) is 16.3. The summed E-state index contributed by atoms with van der Waals surface area (Å²) in [4.78, 5) is 21.7. The maximum Gasteiger partial charge on any atom is 0.251 e. The third-order valence-electron chi connectivity index (χ3n) is 5.40. The Bertz CT molecular complexity index is 979. The fourth-order valence-electron chi connectivity index (χ4n) is 3.75. The van der Waals surface area contributed by atoms with E-state index in [1.807, 2.05) is 6.07 Å². The number of methoxy groups -OCH3 is 1. The second-order valence-corrected chi connectivity index (χ2v) is 7.21. The molecule has 4 rings (SSSR count). The highest BCUT2D eigenvalue weighted by molar-refractivity contribution is 5.75. The predicted octanol–water partition coefficient (Wildman–Crippen LogP) is 2.22. The summed E-state index contributed by atoms with van der Waals surface area (Å²) in [5.41, 5.74) is 3.01. The summed E-state index contributed by atoms with van der Waals surface area (Å²) in [7, 11) is 1.61. The van der Waals surface area contributed by atoms with Crippen LogP contribution in [0.25, 0.3) is 11.0 Å². The molecule has 0 saturated carbocycles. The van der Waals surface area contributed by atoms with E-state index in [2.05, 4.69) is 45.1 Å². The lowest BCUT2D eigenvalue weighted by Gasteiger charge is -2.34. The molecule has 2 aromatic heterocycles. The van der Waals surface area contributed by atoms with E-state index in [4.69, 9.17) is 4.74 Å². The topological polar surface area (TPSA) is 50.6 Å². The Labute approximate surface area is 165 Å². The number of aromatic nitrogens is 2. The third kappa shape index (κ3) is 4.24. The molecule has 3 heterocycles. The average Bonchev–Trinajstić information content (AvgIpc) is 2.74. The van der Waals surface area contributed by atoms with Gasteiger partial charge in [-0.3, -0.25) is 19.6 Å².